The van der Waals surface area contributed by atoms with Gasteiger partial charge in [0.25, 0.3) is 5.91 Å². The Kier molecular flexibility index (Phi) is 5.07. The Hall–Kier alpha value is -3.48. The number of benzene rings is 2. The van der Waals surface area contributed by atoms with Gasteiger partial charge in [-0.2, -0.15) is 5.10 Å². The van der Waals surface area contributed by atoms with E-state index in [1.807, 2.05) is 6.07 Å². The first-order chi connectivity index (χ1) is 12.6. The molecule has 0 aliphatic carbocycles. The van der Waals surface area contributed by atoms with Gasteiger partial charge in [0.1, 0.15) is 5.82 Å². The van der Waals surface area contributed by atoms with Crippen LogP contribution in [0.15, 0.2) is 60.9 Å². The van der Waals surface area contributed by atoms with Crippen LogP contribution in [0.2, 0.25) is 0 Å². The normalized spacial score (nSPS) is 10.4. The molecule has 26 heavy (non-hydrogen) atoms. The Bertz CT molecular complexity index is 952. The number of rotatable bonds is 5. The van der Waals surface area contributed by atoms with E-state index >= 15 is 0 Å². The molecule has 0 spiro atoms. The summed E-state index contributed by atoms with van der Waals surface area (Å²) in [5.74, 6) is -1.33. The highest BCUT2D eigenvalue weighted by molar-refractivity contribution is 6.04. The number of nitrogens with one attached hydrogen (secondary N) is 1. The predicted octanol–water partition coefficient (Wildman–Crippen LogP) is 3.11. The van der Waals surface area contributed by atoms with Crippen molar-refractivity contribution in [3.8, 4) is 0 Å². The average molecular weight is 353 g/mol. The Morgan fingerprint density at radius 1 is 1.19 bits per heavy atom. The molecule has 132 valence electrons. The lowest BCUT2D eigenvalue weighted by Crippen LogP contribution is -2.11. The minimum absolute atomic E-state index is 0.216. The Morgan fingerprint density at radius 2 is 2.00 bits per heavy atom. The molecule has 0 unspecified atom stereocenters. The maximum Gasteiger partial charge on any atom is 0.338 e. The van der Waals surface area contributed by atoms with Crippen LogP contribution in [0.5, 0.6) is 0 Å². The molecule has 0 aliphatic rings. The second kappa shape index (κ2) is 7.60. The number of amides is 1. The van der Waals surface area contributed by atoms with Crippen molar-refractivity contribution in [3.05, 3.63) is 83.4 Å². The predicted molar refractivity (Wildman–Crippen MR) is 93.5 cm³/mol. The van der Waals surface area contributed by atoms with Crippen LogP contribution in [0.4, 0.5) is 10.1 Å². The highest BCUT2D eigenvalue weighted by atomic mass is 19.1. The van der Waals surface area contributed by atoms with Gasteiger partial charge in [-0.1, -0.05) is 24.3 Å². The minimum Gasteiger partial charge on any atom is -0.465 e. The fraction of sp³-hybridized carbons (Fsp3) is 0.105. The quantitative estimate of drug-likeness (QED) is 0.716. The monoisotopic (exact) mass is 353 g/mol. The number of carbonyl (C=O) groups excluding carboxylic acids is 2. The number of halogens is 1. The third-order valence-corrected chi connectivity index (χ3v) is 3.73. The van der Waals surface area contributed by atoms with Crippen molar-refractivity contribution >= 4 is 17.6 Å². The molecule has 0 bridgehead atoms. The Balaban J connectivity index is 1.73. The van der Waals surface area contributed by atoms with Crippen molar-refractivity contribution in [3.63, 3.8) is 0 Å². The van der Waals surface area contributed by atoms with Gasteiger partial charge in [0.15, 0.2) is 0 Å². The van der Waals surface area contributed by atoms with E-state index < -0.39 is 17.7 Å². The number of hydrogen-bond donors (Lipinski definition) is 1. The van der Waals surface area contributed by atoms with Gasteiger partial charge in [0.05, 0.1) is 31.1 Å². The van der Waals surface area contributed by atoms with E-state index in [0.717, 1.165) is 11.6 Å². The van der Waals surface area contributed by atoms with Crippen molar-refractivity contribution in [2.75, 3.05) is 12.4 Å². The fourth-order valence-electron chi connectivity index (χ4n) is 2.49. The number of aromatic nitrogens is 2. The van der Waals surface area contributed by atoms with Crippen molar-refractivity contribution < 1.29 is 18.7 Å². The Morgan fingerprint density at radius 3 is 2.77 bits per heavy atom. The summed E-state index contributed by atoms with van der Waals surface area (Å²) in [6, 6.07) is 12.5. The molecule has 6 nitrogen and oxygen atoms in total. The summed E-state index contributed by atoms with van der Waals surface area (Å²) in [7, 11) is 1.33. The molecule has 1 heterocycles. The minimum atomic E-state index is -0.479. The first kappa shape index (κ1) is 17.3. The van der Waals surface area contributed by atoms with Crippen LogP contribution >= 0.6 is 0 Å². The van der Waals surface area contributed by atoms with E-state index in [-0.39, 0.29) is 5.56 Å². The van der Waals surface area contributed by atoms with Gasteiger partial charge in [-0.3, -0.25) is 9.48 Å². The number of anilines is 1. The van der Waals surface area contributed by atoms with Gasteiger partial charge in [-0.25, -0.2) is 9.18 Å². The second-order valence-corrected chi connectivity index (χ2v) is 5.54. The molecule has 0 atom stereocenters. The SMILES string of the molecule is COC(=O)c1ccccc1Cn1cc(NC(=O)c2cccc(F)c2)cn1. The average Bonchev–Trinajstić information content (AvgIpc) is 3.08. The van der Waals surface area contributed by atoms with Gasteiger partial charge in [0, 0.05) is 11.8 Å². The number of esters is 1. The highest BCUT2D eigenvalue weighted by Crippen LogP contribution is 2.14. The lowest BCUT2D eigenvalue weighted by Gasteiger charge is -2.07. The van der Waals surface area contributed by atoms with E-state index in [9.17, 15) is 14.0 Å². The fourth-order valence-corrected chi connectivity index (χ4v) is 2.49. The van der Waals surface area contributed by atoms with Crippen LogP contribution in [0.3, 0.4) is 0 Å². The van der Waals surface area contributed by atoms with Crippen LogP contribution < -0.4 is 5.32 Å². The summed E-state index contributed by atoms with van der Waals surface area (Å²) in [6.07, 6.45) is 3.11. The molecule has 3 aromatic rings. The van der Waals surface area contributed by atoms with Crippen LogP contribution in [-0.2, 0) is 11.3 Å². The number of methoxy groups -OCH3 is 1. The van der Waals surface area contributed by atoms with Crippen molar-refractivity contribution in [2.24, 2.45) is 0 Å². The maximum absolute atomic E-state index is 13.2. The molecule has 0 fully saturated rings. The second-order valence-electron chi connectivity index (χ2n) is 5.54. The number of carbonyl (C=O) groups is 2. The third kappa shape index (κ3) is 3.94. The van der Waals surface area contributed by atoms with E-state index in [1.54, 1.807) is 29.1 Å². The largest absolute Gasteiger partial charge is 0.465 e. The van der Waals surface area contributed by atoms with E-state index in [4.69, 9.17) is 4.74 Å². The summed E-state index contributed by atoms with van der Waals surface area (Å²) in [6.45, 7) is 0.334. The molecule has 0 radical (unpaired) electrons. The molecule has 0 aliphatic heterocycles. The maximum atomic E-state index is 13.2. The highest BCUT2D eigenvalue weighted by Gasteiger charge is 2.12. The molecular formula is C19H16FN3O3. The molecule has 1 N–H and O–H groups in total. The standard InChI is InChI=1S/C19H16FN3O3/c1-26-19(25)17-8-3-2-5-14(17)11-23-12-16(10-21-23)22-18(24)13-6-4-7-15(20)9-13/h2-10,12H,11H2,1H3,(H,22,24). The zero-order valence-electron chi connectivity index (χ0n) is 14.0. The molecule has 1 amide bonds. The van der Waals surface area contributed by atoms with Crippen molar-refractivity contribution in [1.29, 1.82) is 0 Å². The summed E-state index contributed by atoms with van der Waals surface area (Å²) >= 11 is 0. The Labute approximate surface area is 149 Å². The van der Waals surface area contributed by atoms with Gasteiger partial charge < -0.3 is 10.1 Å². The van der Waals surface area contributed by atoms with Gasteiger partial charge >= 0.3 is 5.97 Å². The van der Waals surface area contributed by atoms with E-state index in [2.05, 4.69) is 10.4 Å². The molecule has 7 heteroatoms. The molecule has 2 aromatic carbocycles. The zero-order valence-corrected chi connectivity index (χ0v) is 14.0. The summed E-state index contributed by atoms with van der Waals surface area (Å²) in [5, 5.41) is 6.84. The summed E-state index contributed by atoms with van der Waals surface area (Å²) in [4.78, 5) is 24.0. The van der Waals surface area contributed by atoms with Crippen LogP contribution in [0, 0.1) is 5.82 Å². The van der Waals surface area contributed by atoms with Crippen LogP contribution in [0.25, 0.3) is 0 Å². The van der Waals surface area contributed by atoms with E-state index in [0.29, 0.717) is 17.8 Å². The smallest absolute Gasteiger partial charge is 0.338 e. The molecule has 0 saturated heterocycles. The topological polar surface area (TPSA) is 73.2 Å². The molecule has 3 rings (SSSR count). The summed E-state index contributed by atoms with van der Waals surface area (Å²) in [5.41, 5.74) is 1.88. The third-order valence-electron chi connectivity index (χ3n) is 3.73. The summed E-state index contributed by atoms with van der Waals surface area (Å²) < 4.78 is 19.6. The van der Waals surface area contributed by atoms with E-state index in [1.165, 1.54) is 31.5 Å². The molecule has 0 saturated carbocycles. The van der Waals surface area contributed by atoms with Gasteiger partial charge in [-0.05, 0) is 29.8 Å². The zero-order chi connectivity index (χ0) is 18.5. The number of ether oxygens (including phenoxy) is 1. The molecular weight excluding hydrogens is 337 g/mol. The van der Waals surface area contributed by atoms with Crippen molar-refractivity contribution in [2.45, 2.75) is 6.54 Å². The van der Waals surface area contributed by atoms with Crippen LogP contribution in [-0.4, -0.2) is 28.8 Å². The first-order valence-corrected chi connectivity index (χ1v) is 7.82. The molecule has 1 aromatic heterocycles. The van der Waals surface area contributed by atoms with Gasteiger partial charge in [-0.15, -0.1) is 0 Å². The first-order valence-electron chi connectivity index (χ1n) is 7.82. The van der Waals surface area contributed by atoms with Gasteiger partial charge in [0.2, 0.25) is 0 Å². The number of hydrogen-bond acceptors (Lipinski definition) is 4. The number of nitrogens with zero attached hydrogens (tertiary/aromatic N) is 2. The lowest BCUT2D eigenvalue weighted by atomic mass is 10.1. The van der Waals surface area contributed by atoms with Crippen LogP contribution in [0.1, 0.15) is 26.3 Å². The van der Waals surface area contributed by atoms with Crippen molar-refractivity contribution in [1.82, 2.24) is 9.78 Å². The lowest BCUT2D eigenvalue weighted by molar-refractivity contribution is 0.0599.